The number of carbonyl (C=O) groups is 1. The van der Waals surface area contributed by atoms with E-state index in [0.717, 1.165) is 22.7 Å². The topological polar surface area (TPSA) is 56.6 Å². The summed E-state index contributed by atoms with van der Waals surface area (Å²) < 4.78 is 13.5. The maximum absolute atomic E-state index is 12.4. The molecule has 5 aromatic rings. The van der Waals surface area contributed by atoms with Crippen molar-refractivity contribution in [1.29, 1.82) is 0 Å². The fourth-order valence-electron chi connectivity index (χ4n) is 6.90. The highest BCUT2D eigenvalue weighted by molar-refractivity contribution is 5.87. The number of imidazole rings is 1. The quantitative estimate of drug-likeness (QED) is 0.199. The van der Waals surface area contributed by atoms with Crippen LogP contribution in [0.5, 0.6) is 5.75 Å². The number of nitrogens with zero attached hydrogens (tertiary/aromatic N) is 3. The van der Waals surface area contributed by atoms with E-state index in [0.29, 0.717) is 19.1 Å². The summed E-state index contributed by atoms with van der Waals surface area (Å²) in [5, 5.41) is 0. The van der Waals surface area contributed by atoms with Crippen LogP contribution >= 0.6 is 0 Å². The number of aromatic nitrogens is 2. The van der Waals surface area contributed by atoms with Crippen molar-refractivity contribution in [2.24, 2.45) is 5.92 Å². The van der Waals surface area contributed by atoms with E-state index in [1.165, 1.54) is 23.8 Å². The number of anilines is 1. The van der Waals surface area contributed by atoms with Crippen molar-refractivity contribution < 1.29 is 14.3 Å². The van der Waals surface area contributed by atoms with Gasteiger partial charge >= 0.3 is 6.09 Å². The Hall–Kier alpha value is -4.84. The molecule has 42 heavy (non-hydrogen) atoms. The number of fused-ring (bicyclic) bond motifs is 3. The number of amides is 1. The molecular formula is C36H33N3O3. The molecule has 7 rings (SSSR count). The van der Waals surface area contributed by atoms with Crippen molar-refractivity contribution in [3.8, 4) is 5.75 Å². The number of benzene rings is 4. The van der Waals surface area contributed by atoms with Crippen molar-refractivity contribution in [2.75, 3.05) is 25.2 Å². The molecule has 1 aromatic heterocycles. The van der Waals surface area contributed by atoms with Crippen molar-refractivity contribution in [3.63, 3.8) is 0 Å². The molecule has 0 unspecified atom stereocenters. The van der Waals surface area contributed by atoms with E-state index >= 15 is 0 Å². The highest BCUT2D eigenvalue weighted by atomic mass is 16.5. The van der Waals surface area contributed by atoms with Gasteiger partial charge in [0.05, 0.1) is 25.7 Å². The van der Waals surface area contributed by atoms with E-state index in [2.05, 4.69) is 108 Å². The summed E-state index contributed by atoms with van der Waals surface area (Å²) in [4.78, 5) is 19.1. The fraction of sp³-hybridized carbons (Fsp3) is 0.222. The molecule has 0 spiro atoms. The van der Waals surface area contributed by atoms with Gasteiger partial charge in [-0.05, 0) is 41.8 Å². The van der Waals surface area contributed by atoms with Crippen LogP contribution in [0.25, 0.3) is 0 Å². The predicted molar refractivity (Wildman–Crippen MR) is 163 cm³/mol. The van der Waals surface area contributed by atoms with Gasteiger partial charge in [-0.3, -0.25) is 4.90 Å². The lowest BCUT2D eigenvalue weighted by atomic mass is 9.77. The van der Waals surface area contributed by atoms with Crippen LogP contribution in [0.15, 0.2) is 122 Å². The minimum atomic E-state index is -0.598. The van der Waals surface area contributed by atoms with Crippen molar-refractivity contribution in [1.82, 2.24) is 9.55 Å². The molecule has 1 saturated carbocycles. The summed E-state index contributed by atoms with van der Waals surface area (Å²) in [5.74, 6) is 1.74. The third-order valence-corrected chi connectivity index (χ3v) is 8.88. The van der Waals surface area contributed by atoms with Gasteiger partial charge in [0.15, 0.2) is 0 Å². The van der Waals surface area contributed by atoms with Gasteiger partial charge in [-0.2, -0.15) is 0 Å². The maximum Gasteiger partial charge on any atom is 0.413 e. The molecule has 1 fully saturated rings. The number of ether oxygens (including phenoxy) is 2. The minimum Gasteiger partial charge on any atom is -0.493 e. The molecule has 2 heterocycles. The fourth-order valence-corrected chi connectivity index (χ4v) is 6.90. The van der Waals surface area contributed by atoms with Gasteiger partial charge < -0.3 is 14.0 Å². The molecule has 1 aliphatic heterocycles. The molecule has 0 radical (unpaired) electrons. The number of hydrogen-bond donors (Lipinski definition) is 0. The molecule has 210 valence electrons. The summed E-state index contributed by atoms with van der Waals surface area (Å²) in [7, 11) is 1.41. The van der Waals surface area contributed by atoms with Gasteiger partial charge in [0.1, 0.15) is 11.3 Å². The molecule has 2 aliphatic rings. The van der Waals surface area contributed by atoms with Gasteiger partial charge in [-0.15, -0.1) is 0 Å². The van der Waals surface area contributed by atoms with Crippen LogP contribution < -0.4 is 9.64 Å². The van der Waals surface area contributed by atoms with Crippen molar-refractivity contribution in [2.45, 2.75) is 24.3 Å². The molecule has 0 saturated heterocycles. The summed E-state index contributed by atoms with van der Waals surface area (Å²) >= 11 is 0. The zero-order valence-electron chi connectivity index (χ0n) is 23.8. The van der Waals surface area contributed by atoms with Gasteiger partial charge in [-0.25, -0.2) is 9.78 Å². The summed E-state index contributed by atoms with van der Waals surface area (Å²) in [6.07, 6.45) is 3.85. The average Bonchev–Trinajstić information content (AvgIpc) is 3.61. The third kappa shape index (κ3) is 4.09. The van der Waals surface area contributed by atoms with E-state index in [1.54, 1.807) is 4.90 Å². The zero-order valence-corrected chi connectivity index (χ0v) is 23.8. The normalized spacial score (nSPS) is 18.8. The Morgan fingerprint density at radius 2 is 1.50 bits per heavy atom. The van der Waals surface area contributed by atoms with Crippen LogP contribution in [0.1, 0.15) is 46.7 Å². The first-order chi connectivity index (χ1) is 20.7. The predicted octanol–water partition coefficient (Wildman–Crippen LogP) is 7.21. The molecule has 0 bridgehead atoms. The highest BCUT2D eigenvalue weighted by Gasteiger charge is 2.57. The van der Waals surface area contributed by atoms with Crippen LogP contribution in [0.3, 0.4) is 0 Å². The molecule has 6 heteroatoms. The Morgan fingerprint density at radius 1 is 0.905 bits per heavy atom. The van der Waals surface area contributed by atoms with Crippen LogP contribution in [-0.4, -0.2) is 35.9 Å². The molecule has 1 amide bonds. The lowest BCUT2D eigenvalue weighted by molar-refractivity contribution is 0.179. The zero-order chi connectivity index (χ0) is 28.7. The van der Waals surface area contributed by atoms with E-state index in [4.69, 9.17) is 14.5 Å². The van der Waals surface area contributed by atoms with Gasteiger partial charge in [0.25, 0.3) is 0 Å². The van der Waals surface area contributed by atoms with Crippen LogP contribution in [0.2, 0.25) is 0 Å². The van der Waals surface area contributed by atoms with E-state index in [-0.39, 0.29) is 17.9 Å². The first kappa shape index (κ1) is 26.1. The second kappa shape index (κ2) is 10.5. The van der Waals surface area contributed by atoms with Crippen molar-refractivity contribution in [3.05, 3.63) is 150 Å². The SMILES string of the molecule is CCN(C(=O)OC)c1ccc2c(c1)[C@@H]1[C@H](CO2)[C@H]1c1cn(C(c2ccccc2)(c2ccccc2)c2ccccc2)cn1. The van der Waals surface area contributed by atoms with E-state index < -0.39 is 5.54 Å². The first-order valence-electron chi connectivity index (χ1n) is 14.5. The molecule has 4 aromatic carbocycles. The number of hydrogen-bond acceptors (Lipinski definition) is 4. The van der Waals surface area contributed by atoms with Crippen LogP contribution in [0, 0.1) is 5.92 Å². The Kier molecular flexibility index (Phi) is 6.54. The summed E-state index contributed by atoms with van der Waals surface area (Å²) in [6.45, 7) is 3.12. The maximum atomic E-state index is 12.4. The number of methoxy groups -OCH3 is 1. The van der Waals surface area contributed by atoms with E-state index in [1.807, 2.05) is 25.4 Å². The molecule has 1 aliphatic carbocycles. The molecule has 6 nitrogen and oxygen atoms in total. The van der Waals surface area contributed by atoms with Gasteiger partial charge in [0, 0.05) is 41.7 Å². The second-order valence-corrected chi connectivity index (χ2v) is 11.0. The molecule has 0 N–H and O–H groups in total. The average molecular weight is 556 g/mol. The van der Waals surface area contributed by atoms with E-state index in [9.17, 15) is 4.79 Å². The smallest absolute Gasteiger partial charge is 0.413 e. The Balaban J connectivity index is 1.32. The second-order valence-electron chi connectivity index (χ2n) is 11.0. The van der Waals surface area contributed by atoms with Gasteiger partial charge in [0.2, 0.25) is 0 Å². The summed E-state index contributed by atoms with van der Waals surface area (Å²) in [5.41, 5.74) is 5.91. The molecular weight excluding hydrogens is 522 g/mol. The minimum absolute atomic E-state index is 0.232. The Bertz CT molecular complexity index is 1600. The monoisotopic (exact) mass is 555 g/mol. The number of carbonyl (C=O) groups excluding carboxylic acids is 1. The van der Waals surface area contributed by atoms with Crippen LogP contribution in [-0.2, 0) is 10.3 Å². The Labute approximate surface area is 246 Å². The summed E-state index contributed by atoms with van der Waals surface area (Å²) in [6, 6.07) is 38.0. The lowest BCUT2D eigenvalue weighted by Crippen LogP contribution is -2.36. The highest BCUT2D eigenvalue weighted by Crippen LogP contribution is 2.64. The largest absolute Gasteiger partial charge is 0.493 e. The Morgan fingerprint density at radius 3 is 2.05 bits per heavy atom. The molecule has 3 atom stereocenters. The third-order valence-electron chi connectivity index (χ3n) is 8.88. The standard InChI is InChI=1S/C36H33N3O3/c1-3-39(35(40)41-2)28-19-20-32-29(21-28)33-30(23-42-32)34(33)31-22-38(24-37-31)36(25-13-7-4-8-14-25,26-15-9-5-10-16-26)27-17-11-6-12-18-27/h4-22,24,30,33-34H,3,23H2,1-2H3/t30-,33+,34-/m0/s1. The van der Waals surface area contributed by atoms with Crippen molar-refractivity contribution >= 4 is 11.8 Å². The first-order valence-corrected chi connectivity index (χ1v) is 14.5. The van der Waals surface area contributed by atoms with Crippen LogP contribution in [0.4, 0.5) is 10.5 Å². The lowest BCUT2D eigenvalue weighted by Gasteiger charge is -2.37. The van der Waals surface area contributed by atoms with Gasteiger partial charge in [-0.1, -0.05) is 91.0 Å². The number of rotatable bonds is 7.